The second-order valence-electron chi connectivity index (χ2n) is 12.2. The van der Waals surface area contributed by atoms with Crippen LogP contribution in [0, 0.1) is 0 Å². The standard InChI is InChI=1S/C46H31N3/c1-4-15-32(16-5-1)40-30-41(33-17-6-2-7-18-33)45-38-23-11-10-22-37(38)42-29-35(25-26-39(42)46(45)44(40)34-19-8-3-9-20-34)49(36-21-14-27-47-31-36)43-24-12-13-28-48-43/h1-31H. The summed E-state index contributed by atoms with van der Waals surface area (Å²) in [5.74, 6) is 0.836. The zero-order chi connectivity index (χ0) is 32.6. The minimum Gasteiger partial charge on any atom is -0.293 e. The number of pyridine rings is 2. The molecule has 0 unspecified atom stereocenters. The lowest BCUT2D eigenvalue weighted by atomic mass is 9.81. The second kappa shape index (κ2) is 12.2. The van der Waals surface area contributed by atoms with E-state index < -0.39 is 0 Å². The van der Waals surface area contributed by atoms with Crippen molar-refractivity contribution in [3.8, 4) is 33.4 Å². The first-order chi connectivity index (χ1) is 24.3. The summed E-state index contributed by atoms with van der Waals surface area (Å²) in [6.45, 7) is 0. The summed E-state index contributed by atoms with van der Waals surface area (Å²) in [6.07, 6.45) is 5.54. The maximum atomic E-state index is 4.77. The molecule has 9 rings (SSSR count). The van der Waals surface area contributed by atoms with E-state index in [0.717, 1.165) is 17.2 Å². The summed E-state index contributed by atoms with van der Waals surface area (Å²) in [6, 6.07) is 60.7. The maximum absolute atomic E-state index is 4.77. The zero-order valence-electron chi connectivity index (χ0n) is 26.7. The lowest BCUT2D eigenvalue weighted by Gasteiger charge is -2.25. The third-order valence-electron chi connectivity index (χ3n) is 9.36. The summed E-state index contributed by atoms with van der Waals surface area (Å²) < 4.78 is 0. The van der Waals surface area contributed by atoms with E-state index in [1.165, 1.54) is 65.7 Å². The number of anilines is 3. The van der Waals surface area contributed by atoms with Crippen molar-refractivity contribution in [1.29, 1.82) is 0 Å². The molecule has 9 aromatic rings. The van der Waals surface area contributed by atoms with E-state index in [-0.39, 0.29) is 0 Å². The van der Waals surface area contributed by atoms with Crippen LogP contribution in [-0.2, 0) is 0 Å². The van der Waals surface area contributed by atoms with Crippen molar-refractivity contribution in [2.75, 3.05) is 4.90 Å². The van der Waals surface area contributed by atoms with Crippen LogP contribution in [0.2, 0.25) is 0 Å². The molecule has 2 heterocycles. The molecule has 49 heavy (non-hydrogen) atoms. The Bertz CT molecular complexity index is 2530. The molecular weight excluding hydrogens is 595 g/mol. The van der Waals surface area contributed by atoms with Gasteiger partial charge in [0.15, 0.2) is 0 Å². The van der Waals surface area contributed by atoms with Gasteiger partial charge < -0.3 is 0 Å². The molecule has 0 saturated carbocycles. The van der Waals surface area contributed by atoms with Crippen molar-refractivity contribution in [3.05, 3.63) is 188 Å². The molecule has 0 spiro atoms. The number of aromatic nitrogens is 2. The molecule has 0 aliphatic carbocycles. The lowest BCUT2D eigenvalue weighted by Crippen LogP contribution is -2.11. The van der Waals surface area contributed by atoms with Crippen LogP contribution in [0.25, 0.3) is 65.7 Å². The summed E-state index contributed by atoms with van der Waals surface area (Å²) in [5, 5.41) is 7.34. The normalized spacial score (nSPS) is 11.3. The zero-order valence-corrected chi connectivity index (χ0v) is 26.7. The predicted octanol–water partition coefficient (Wildman–Crippen LogP) is 12.4. The first-order valence-electron chi connectivity index (χ1n) is 16.6. The van der Waals surface area contributed by atoms with Gasteiger partial charge in [0.05, 0.1) is 11.9 Å². The van der Waals surface area contributed by atoms with Crippen LogP contribution < -0.4 is 4.90 Å². The van der Waals surface area contributed by atoms with Crippen LogP contribution in [0.4, 0.5) is 17.2 Å². The molecule has 0 bridgehead atoms. The van der Waals surface area contributed by atoms with Crippen molar-refractivity contribution in [1.82, 2.24) is 9.97 Å². The smallest absolute Gasteiger partial charge is 0.137 e. The first-order valence-corrected chi connectivity index (χ1v) is 16.6. The number of rotatable bonds is 6. The average Bonchev–Trinajstić information content (AvgIpc) is 3.19. The molecule has 3 heteroatoms. The largest absolute Gasteiger partial charge is 0.293 e. The van der Waals surface area contributed by atoms with Crippen LogP contribution in [0.15, 0.2) is 188 Å². The van der Waals surface area contributed by atoms with Crippen LogP contribution in [-0.4, -0.2) is 9.97 Å². The minimum absolute atomic E-state index is 0.836. The van der Waals surface area contributed by atoms with E-state index >= 15 is 0 Å². The van der Waals surface area contributed by atoms with E-state index in [1.54, 1.807) is 6.20 Å². The van der Waals surface area contributed by atoms with Crippen LogP contribution in [0.3, 0.4) is 0 Å². The van der Waals surface area contributed by atoms with Crippen LogP contribution in [0.5, 0.6) is 0 Å². The molecule has 7 aromatic carbocycles. The quantitative estimate of drug-likeness (QED) is 0.172. The third-order valence-corrected chi connectivity index (χ3v) is 9.36. The van der Waals surface area contributed by atoms with Crippen molar-refractivity contribution in [2.24, 2.45) is 0 Å². The van der Waals surface area contributed by atoms with Crippen molar-refractivity contribution >= 4 is 49.5 Å². The summed E-state index contributed by atoms with van der Waals surface area (Å²) in [7, 11) is 0. The van der Waals surface area contributed by atoms with Gasteiger partial charge in [-0.05, 0) is 108 Å². The van der Waals surface area contributed by atoms with E-state index in [0.29, 0.717) is 0 Å². The average molecular weight is 626 g/mol. The van der Waals surface area contributed by atoms with Gasteiger partial charge in [0, 0.05) is 18.1 Å². The van der Waals surface area contributed by atoms with Crippen molar-refractivity contribution in [3.63, 3.8) is 0 Å². The highest BCUT2D eigenvalue weighted by Crippen LogP contribution is 2.49. The molecule has 0 atom stereocenters. The van der Waals surface area contributed by atoms with Gasteiger partial charge in [-0.25, -0.2) is 4.98 Å². The Kier molecular flexibility index (Phi) is 7.14. The number of hydrogen-bond donors (Lipinski definition) is 0. The highest BCUT2D eigenvalue weighted by molar-refractivity contribution is 6.33. The highest BCUT2D eigenvalue weighted by atomic mass is 15.2. The third kappa shape index (κ3) is 5.00. The summed E-state index contributed by atoms with van der Waals surface area (Å²) in [4.78, 5) is 11.4. The summed E-state index contributed by atoms with van der Waals surface area (Å²) >= 11 is 0. The van der Waals surface area contributed by atoms with Gasteiger partial charge in [-0.1, -0.05) is 127 Å². The SMILES string of the molecule is c1ccc(-c2cc(-c3ccccc3)c3c4ccccc4c4cc(N(c5cccnc5)c5ccccn5)ccc4c3c2-c2ccccc2)cc1. The van der Waals surface area contributed by atoms with Gasteiger partial charge in [-0.2, -0.15) is 0 Å². The molecule has 230 valence electrons. The molecule has 2 aromatic heterocycles. The van der Waals surface area contributed by atoms with E-state index in [2.05, 4.69) is 155 Å². The first kappa shape index (κ1) is 28.6. The van der Waals surface area contributed by atoms with Crippen LogP contribution in [0.1, 0.15) is 0 Å². The Balaban J connectivity index is 1.47. The second-order valence-corrected chi connectivity index (χ2v) is 12.2. The lowest BCUT2D eigenvalue weighted by molar-refractivity contribution is 1.16. The number of nitrogens with zero attached hydrogens (tertiary/aromatic N) is 3. The Morgan fingerprint density at radius 3 is 1.69 bits per heavy atom. The van der Waals surface area contributed by atoms with Gasteiger partial charge in [0.1, 0.15) is 5.82 Å². The van der Waals surface area contributed by atoms with Gasteiger partial charge in [-0.15, -0.1) is 0 Å². The topological polar surface area (TPSA) is 29.0 Å². The molecular formula is C46H31N3. The Morgan fingerprint density at radius 1 is 0.388 bits per heavy atom. The van der Waals surface area contributed by atoms with E-state index in [9.17, 15) is 0 Å². The number of fused-ring (bicyclic) bond motifs is 6. The van der Waals surface area contributed by atoms with Crippen molar-refractivity contribution in [2.45, 2.75) is 0 Å². The predicted molar refractivity (Wildman–Crippen MR) is 206 cm³/mol. The molecule has 0 aliphatic heterocycles. The fourth-order valence-corrected chi connectivity index (χ4v) is 7.26. The van der Waals surface area contributed by atoms with Gasteiger partial charge in [0.25, 0.3) is 0 Å². The fraction of sp³-hybridized carbons (Fsp3) is 0. The van der Waals surface area contributed by atoms with Gasteiger partial charge in [0.2, 0.25) is 0 Å². The monoisotopic (exact) mass is 625 g/mol. The maximum Gasteiger partial charge on any atom is 0.137 e. The molecule has 0 fully saturated rings. The fourth-order valence-electron chi connectivity index (χ4n) is 7.26. The summed E-state index contributed by atoms with van der Waals surface area (Å²) in [5.41, 5.74) is 9.22. The molecule has 0 aliphatic rings. The number of benzene rings is 7. The minimum atomic E-state index is 0.836. The Hall–Kier alpha value is -6.58. The molecule has 3 nitrogen and oxygen atoms in total. The van der Waals surface area contributed by atoms with Gasteiger partial charge >= 0.3 is 0 Å². The molecule has 0 N–H and O–H groups in total. The Labute approximate surface area is 285 Å². The number of hydrogen-bond acceptors (Lipinski definition) is 3. The van der Waals surface area contributed by atoms with Crippen molar-refractivity contribution < 1.29 is 0 Å². The van der Waals surface area contributed by atoms with E-state index in [1.807, 2.05) is 36.7 Å². The Morgan fingerprint density at radius 2 is 1.02 bits per heavy atom. The van der Waals surface area contributed by atoms with Crippen LogP contribution >= 0.6 is 0 Å². The highest BCUT2D eigenvalue weighted by Gasteiger charge is 2.22. The van der Waals surface area contributed by atoms with E-state index in [4.69, 9.17) is 4.98 Å². The molecule has 0 amide bonds. The molecule has 0 saturated heterocycles. The molecule has 0 radical (unpaired) electrons. The van der Waals surface area contributed by atoms with Gasteiger partial charge in [-0.3, -0.25) is 9.88 Å².